The Kier molecular flexibility index (Phi) is 17.6. The van der Waals surface area contributed by atoms with Crippen LogP contribution in [0.1, 0.15) is 6.92 Å². The third-order valence-corrected chi connectivity index (χ3v) is 0.812. The first kappa shape index (κ1) is 20.3. The van der Waals surface area contributed by atoms with Crippen molar-refractivity contribution in [3.63, 3.8) is 0 Å². The fraction of sp³-hybridized carbons (Fsp3) is 0.222. The van der Waals surface area contributed by atoms with Gasteiger partial charge in [0.15, 0.2) is 0 Å². The molecule has 0 radical (unpaired) electrons. The second-order valence-corrected chi connectivity index (χ2v) is 1.97. The van der Waals surface area contributed by atoms with E-state index in [-0.39, 0.29) is 35.5 Å². The van der Waals surface area contributed by atoms with Crippen molar-refractivity contribution in [1.82, 2.24) is 0 Å². The molecule has 0 unspecified atom stereocenters. The van der Waals surface area contributed by atoms with Gasteiger partial charge in [0.05, 0.1) is 13.4 Å². The van der Waals surface area contributed by atoms with Crippen molar-refractivity contribution >= 4 is 17.9 Å². The minimum atomic E-state index is -1.17. The van der Waals surface area contributed by atoms with Gasteiger partial charge in [0.2, 0.25) is 0 Å². The quantitative estimate of drug-likeness (QED) is 0.253. The molecule has 0 fully saturated rings. The van der Waals surface area contributed by atoms with Crippen molar-refractivity contribution in [2.24, 2.45) is 0 Å². The number of carbonyl (C=O) groups excluding carboxylic acids is 2. The number of carbonyl (C=O) groups is 3. The molecule has 0 atom stereocenters. The molecule has 84 valence electrons. The Hall–Kier alpha value is -1.11. The SMILES string of the molecule is C=COC(C)=O.COC(=O)/C=C/C(=O)O.[Na+]. The van der Waals surface area contributed by atoms with Gasteiger partial charge in [-0.2, -0.15) is 0 Å². The summed E-state index contributed by atoms with van der Waals surface area (Å²) in [4.78, 5) is 29.6. The van der Waals surface area contributed by atoms with Crippen molar-refractivity contribution in [3.8, 4) is 0 Å². The molecule has 0 aromatic heterocycles. The first-order valence-corrected chi connectivity index (χ1v) is 3.71. The molecule has 0 aliphatic heterocycles. The number of carboxylic acid groups (broad SMARTS) is 1. The molecule has 0 heterocycles. The van der Waals surface area contributed by atoms with E-state index in [1.54, 1.807) is 0 Å². The smallest absolute Gasteiger partial charge is 0.478 e. The first-order chi connectivity index (χ1) is 6.93. The molecule has 0 spiro atoms. The van der Waals surface area contributed by atoms with Crippen LogP contribution in [0.25, 0.3) is 0 Å². The molecule has 0 aliphatic rings. The Labute approximate surface area is 115 Å². The van der Waals surface area contributed by atoms with Gasteiger partial charge in [-0.15, -0.1) is 0 Å². The van der Waals surface area contributed by atoms with Gasteiger partial charge in [0, 0.05) is 19.1 Å². The van der Waals surface area contributed by atoms with Crippen molar-refractivity contribution in [2.75, 3.05) is 7.11 Å². The molecule has 0 saturated carbocycles. The van der Waals surface area contributed by atoms with Gasteiger partial charge in [0.1, 0.15) is 0 Å². The summed E-state index contributed by atoms with van der Waals surface area (Å²) in [5, 5.41) is 7.96. The number of ether oxygens (including phenoxy) is 2. The average molecular weight is 239 g/mol. The van der Waals surface area contributed by atoms with E-state index in [0.29, 0.717) is 6.08 Å². The summed E-state index contributed by atoms with van der Waals surface area (Å²) >= 11 is 0. The Morgan fingerprint density at radius 2 is 1.75 bits per heavy atom. The van der Waals surface area contributed by atoms with E-state index in [1.807, 2.05) is 0 Å². The summed E-state index contributed by atoms with van der Waals surface area (Å²) in [6.07, 6.45) is 2.65. The monoisotopic (exact) mass is 239 g/mol. The van der Waals surface area contributed by atoms with Crippen LogP contribution in [0.5, 0.6) is 0 Å². The fourth-order valence-electron chi connectivity index (χ4n) is 0.325. The molecule has 0 aliphatic carbocycles. The molecule has 0 aromatic rings. The van der Waals surface area contributed by atoms with Crippen molar-refractivity contribution in [3.05, 3.63) is 25.0 Å². The summed E-state index contributed by atoms with van der Waals surface area (Å²) in [5.74, 6) is -2.16. The zero-order chi connectivity index (χ0) is 12.3. The number of esters is 2. The number of carboxylic acids is 1. The second-order valence-electron chi connectivity index (χ2n) is 1.97. The van der Waals surface area contributed by atoms with Crippen LogP contribution in [0.4, 0.5) is 0 Å². The predicted molar refractivity (Wildman–Crippen MR) is 50.8 cm³/mol. The van der Waals surface area contributed by atoms with Crippen LogP contribution in [0.15, 0.2) is 25.0 Å². The van der Waals surface area contributed by atoms with Crippen LogP contribution in [-0.2, 0) is 23.9 Å². The average Bonchev–Trinajstić information content (AvgIpc) is 2.14. The summed E-state index contributed by atoms with van der Waals surface area (Å²) < 4.78 is 8.28. The van der Waals surface area contributed by atoms with Gasteiger partial charge in [-0.25, -0.2) is 9.59 Å². The minimum absolute atomic E-state index is 0. The molecular formula is C9H12NaO6+. The first-order valence-electron chi connectivity index (χ1n) is 3.71. The zero-order valence-corrected chi connectivity index (χ0v) is 11.4. The number of aliphatic carboxylic acids is 1. The zero-order valence-electron chi connectivity index (χ0n) is 9.43. The van der Waals surface area contributed by atoms with E-state index in [4.69, 9.17) is 5.11 Å². The van der Waals surface area contributed by atoms with Gasteiger partial charge in [-0.3, -0.25) is 4.79 Å². The predicted octanol–water partition coefficient (Wildman–Crippen LogP) is -2.50. The molecular weight excluding hydrogens is 227 g/mol. The molecule has 1 N–H and O–H groups in total. The van der Waals surface area contributed by atoms with Crippen LogP contribution in [0, 0.1) is 0 Å². The van der Waals surface area contributed by atoms with Crippen LogP contribution >= 0.6 is 0 Å². The number of hydrogen-bond donors (Lipinski definition) is 1. The Balaban J connectivity index is -0.000000214. The van der Waals surface area contributed by atoms with Gasteiger partial charge in [0.25, 0.3) is 0 Å². The second kappa shape index (κ2) is 13.9. The Morgan fingerprint density at radius 1 is 1.25 bits per heavy atom. The molecule has 0 aromatic carbocycles. The number of hydrogen-bond acceptors (Lipinski definition) is 5. The van der Waals surface area contributed by atoms with E-state index in [1.165, 1.54) is 14.0 Å². The largest absolute Gasteiger partial charge is 1.00 e. The van der Waals surface area contributed by atoms with Crippen LogP contribution in [-0.4, -0.2) is 30.1 Å². The normalized spacial score (nSPS) is 7.88. The van der Waals surface area contributed by atoms with Gasteiger partial charge in [-0.05, 0) is 0 Å². The van der Waals surface area contributed by atoms with E-state index >= 15 is 0 Å². The molecule has 0 amide bonds. The van der Waals surface area contributed by atoms with E-state index < -0.39 is 11.9 Å². The molecule has 6 nitrogen and oxygen atoms in total. The van der Waals surface area contributed by atoms with E-state index in [2.05, 4.69) is 16.1 Å². The maximum atomic E-state index is 10.1. The van der Waals surface area contributed by atoms with Crippen LogP contribution in [0.3, 0.4) is 0 Å². The molecule has 0 bridgehead atoms. The van der Waals surface area contributed by atoms with Gasteiger partial charge in [-0.1, -0.05) is 6.58 Å². The fourth-order valence-corrected chi connectivity index (χ4v) is 0.325. The summed E-state index contributed by atoms with van der Waals surface area (Å²) in [5.41, 5.74) is 0. The maximum absolute atomic E-state index is 10.1. The molecule has 16 heavy (non-hydrogen) atoms. The Bertz CT molecular complexity index is 271. The molecule has 7 heteroatoms. The third-order valence-electron chi connectivity index (χ3n) is 0.812. The number of methoxy groups -OCH3 is 1. The molecule has 0 saturated heterocycles. The van der Waals surface area contributed by atoms with Gasteiger partial charge < -0.3 is 14.6 Å². The number of rotatable bonds is 3. The van der Waals surface area contributed by atoms with Gasteiger partial charge >= 0.3 is 47.5 Å². The maximum Gasteiger partial charge on any atom is 1.00 e. The van der Waals surface area contributed by atoms with Crippen LogP contribution in [0.2, 0.25) is 0 Å². The third kappa shape index (κ3) is 23.1. The Morgan fingerprint density at radius 3 is 1.94 bits per heavy atom. The summed E-state index contributed by atoms with van der Waals surface area (Å²) in [7, 11) is 1.18. The standard InChI is InChI=1S/C5H6O4.C4H6O2.Na/c1-9-5(8)3-2-4(6)7;1-3-6-4(2)5;/h2-3H,1H3,(H,6,7);3H,1H2,2H3;/q;;+1/b3-2+;;. The summed E-state index contributed by atoms with van der Waals surface area (Å²) in [6, 6.07) is 0. The van der Waals surface area contributed by atoms with Crippen LogP contribution < -0.4 is 29.6 Å². The minimum Gasteiger partial charge on any atom is -0.478 e. The van der Waals surface area contributed by atoms with Crippen molar-refractivity contribution in [1.29, 1.82) is 0 Å². The topological polar surface area (TPSA) is 89.9 Å². The van der Waals surface area contributed by atoms with Crippen molar-refractivity contribution in [2.45, 2.75) is 6.92 Å². The van der Waals surface area contributed by atoms with Crippen molar-refractivity contribution < 1.29 is 58.5 Å². The summed E-state index contributed by atoms with van der Waals surface area (Å²) in [6.45, 7) is 4.48. The molecule has 0 rings (SSSR count). The van der Waals surface area contributed by atoms with E-state index in [0.717, 1.165) is 12.3 Å². The van der Waals surface area contributed by atoms with E-state index in [9.17, 15) is 14.4 Å².